The van der Waals surface area contributed by atoms with Crippen molar-refractivity contribution < 1.29 is 5.11 Å². The Morgan fingerprint density at radius 2 is 2.14 bits per heavy atom. The van der Waals surface area contributed by atoms with E-state index in [0.717, 1.165) is 45.0 Å². The number of aromatic nitrogens is 4. The largest absolute Gasteiger partial charge is 0.392 e. The van der Waals surface area contributed by atoms with Crippen LogP contribution in [0, 0.1) is 0 Å². The fourth-order valence-corrected chi connectivity index (χ4v) is 3.19. The molecule has 0 radical (unpaired) electrons. The van der Waals surface area contributed by atoms with E-state index >= 15 is 0 Å². The Hall–Kier alpha value is -1.05. The summed E-state index contributed by atoms with van der Waals surface area (Å²) in [6, 6.07) is 1.05. The quantitative estimate of drug-likeness (QED) is 0.813. The molecular formula is C14H26N6O. The van der Waals surface area contributed by atoms with E-state index in [1.807, 2.05) is 11.6 Å². The molecule has 2 fully saturated rings. The third-order valence-electron chi connectivity index (χ3n) is 4.48. The summed E-state index contributed by atoms with van der Waals surface area (Å²) in [5.74, 6) is 0.997. The SMILES string of the molecule is CC[C@@H]1CN(Cc2nnnn2C2CC2)CCN1C[C@H](C)O. The van der Waals surface area contributed by atoms with E-state index in [4.69, 9.17) is 0 Å². The molecule has 0 amide bonds. The maximum atomic E-state index is 9.61. The first-order valence-electron chi connectivity index (χ1n) is 8.08. The van der Waals surface area contributed by atoms with Crippen LogP contribution in [0.2, 0.25) is 0 Å². The van der Waals surface area contributed by atoms with Gasteiger partial charge < -0.3 is 5.11 Å². The minimum absolute atomic E-state index is 0.257. The summed E-state index contributed by atoms with van der Waals surface area (Å²) < 4.78 is 2.00. The molecular weight excluding hydrogens is 268 g/mol. The van der Waals surface area contributed by atoms with Gasteiger partial charge in [0.1, 0.15) is 0 Å². The summed E-state index contributed by atoms with van der Waals surface area (Å²) >= 11 is 0. The average Bonchev–Trinajstić information content (AvgIpc) is 3.20. The molecule has 0 bridgehead atoms. The van der Waals surface area contributed by atoms with Gasteiger partial charge in [-0.25, -0.2) is 4.68 Å². The summed E-state index contributed by atoms with van der Waals surface area (Å²) in [4.78, 5) is 4.85. The first kappa shape index (κ1) is 14.9. The molecule has 21 heavy (non-hydrogen) atoms. The normalized spacial score (nSPS) is 26.1. The second-order valence-electron chi connectivity index (χ2n) is 6.41. The smallest absolute Gasteiger partial charge is 0.165 e. The van der Waals surface area contributed by atoms with Gasteiger partial charge in [-0.2, -0.15) is 0 Å². The molecule has 2 aliphatic rings. The van der Waals surface area contributed by atoms with Crippen molar-refractivity contribution >= 4 is 0 Å². The van der Waals surface area contributed by atoms with E-state index < -0.39 is 0 Å². The molecule has 1 aliphatic heterocycles. The van der Waals surface area contributed by atoms with Crippen molar-refractivity contribution in [2.45, 2.75) is 57.8 Å². The minimum Gasteiger partial charge on any atom is -0.392 e. The molecule has 7 nitrogen and oxygen atoms in total. The second kappa shape index (κ2) is 6.37. The third-order valence-corrected chi connectivity index (χ3v) is 4.48. The molecule has 2 atom stereocenters. The van der Waals surface area contributed by atoms with Crippen LogP contribution in [0.3, 0.4) is 0 Å². The van der Waals surface area contributed by atoms with Crippen molar-refractivity contribution in [3.8, 4) is 0 Å². The average molecular weight is 294 g/mol. The maximum absolute atomic E-state index is 9.61. The molecule has 1 saturated heterocycles. The summed E-state index contributed by atoms with van der Waals surface area (Å²) in [5, 5.41) is 21.8. The van der Waals surface area contributed by atoms with Crippen LogP contribution in [-0.4, -0.2) is 73.4 Å². The van der Waals surface area contributed by atoms with Gasteiger partial charge in [-0.3, -0.25) is 9.80 Å². The predicted octanol–water partition coefficient (Wildman–Crippen LogP) is 0.285. The van der Waals surface area contributed by atoms with Gasteiger partial charge in [0, 0.05) is 32.2 Å². The van der Waals surface area contributed by atoms with Crippen molar-refractivity contribution in [3.05, 3.63) is 5.82 Å². The molecule has 118 valence electrons. The van der Waals surface area contributed by atoms with Crippen LogP contribution >= 0.6 is 0 Å². The lowest BCUT2D eigenvalue weighted by atomic mass is 10.1. The van der Waals surface area contributed by atoms with Gasteiger partial charge in [0.15, 0.2) is 5.82 Å². The van der Waals surface area contributed by atoms with Crippen molar-refractivity contribution in [3.63, 3.8) is 0 Å². The van der Waals surface area contributed by atoms with Crippen LogP contribution in [0.4, 0.5) is 0 Å². The van der Waals surface area contributed by atoms with Gasteiger partial charge in [-0.1, -0.05) is 6.92 Å². The predicted molar refractivity (Wildman–Crippen MR) is 78.7 cm³/mol. The fourth-order valence-electron chi connectivity index (χ4n) is 3.19. The van der Waals surface area contributed by atoms with Crippen LogP contribution in [-0.2, 0) is 6.54 Å². The van der Waals surface area contributed by atoms with Gasteiger partial charge in [-0.05, 0) is 36.6 Å². The Morgan fingerprint density at radius 1 is 1.33 bits per heavy atom. The van der Waals surface area contributed by atoms with Crippen LogP contribution in [0.1, 0.15) is 45.0 Å². The Balaban J connectivity index is 1.58. The van der Waals surface area contributed by atoms with Gasteiger partial charge in [0.05, 0.1) is 18.7 Å². The highest BCUT2D eigenvalue weighted by Crippen LogP contribution is 2.34. The number of aliphatic hydroxyl groups excluding tert-OH is 1. The third kappa shape index (κ3) is 3.59. The lowest BCUT2D eigenvalue weighted by molar-refractivity contribution is 0.0324. The van der Waals surface area contributed by atoms with E-state index in [1.54, 1.807) is 0 Å². The second-order valence-corrected chi connectivity index (χ2v) is 6.41. The van der Waals surface area contributed by atoms with Crippen LogP contribution in [0.25, 0.3) is 0 Å². The number of hydrogen-bond donors (Lipinski definition) is 1. The molecule has 2 heterocycles. The molecule has 1 N–H and O–H groups in total. The fraction of sp³-hybridized carbons (Fsp3) is 0.929. The highest BCUT2D eigenvalue weighted by atomic mass is 16.3. The molecule has 0 spiro atoms. The lowest BCUT2D eigenvalue weighted by Crippen LogP contribution is -2.54. The van der Waals surface area contributed by atoms with Crippen LogP contribution < -0.4 is 0 Å². The summed E-state index contributed by atoms with van der Waals surface area (Å²) in [6.45, 7) is 8.74. The van der Waals surface area contributed by atoms with Crippen LogP contribution in [0.5, 0.6) is 0 Å². The van der Waals surface area contributed by atoms with E-state index in [0.29, 0.717) is 12.1 Å². The highest BCUT2D eigenvalue weighted by Gasteiger charge is 2.30. The molecule has 1 aliphatic carbocycles. The Bertz CT molecular complexity index is 458. The Kier molecular flexibility index (Phi) is 4.51. The molecule has 3 rings (SSSR count). The zero-order chi connectivity index (χ0) is 14.8. The lowest BCUT2D eigenvalue weighted by Gasteiger charge is -2.41. The molecule has 0 aromatic carbocycles. The topological polar surface area (TPSA) is 70.3 Å². The summed E-state index contributed by atoms with van der Waals surface area (Å²) in [5.41, 5.74) is 0. The summed E-state index contributed by atoms with van der Waals surface area (Å²) in [7, 11) is 0. The van der Waals surface area contributed by atoms with E-state index in [1.165, 1.54) is 12.8 Å². The number of nitrogens with zero attached hydrogens (tertiary/aromatic N) is 6. The molecule has 0 unspecified atom stereocenters. The molecule has 7 heteroatoms. The maximum Gasteiger partial charge on any atom is 0.165 e. The zero-order valence-corrected chi connectivity index (χ0v) is 13.0. The molecule has 1 saturated carbocycles. The summed E-state index contributed by atoms with van der Waals surface area (Å²) in [6.07, 6.45) is 3.26. The van der Waals surface area contributed by atoms with Crippen molar-refractivity contribution in [1.82, 2.24) is 30.0 Å². The minimum atomic E-state index is -0.257. The van der Waals surface area contributed by atoms with Crippen molar-refractivity contribution in [2.24, 2.45) is 0 Å². The molecule has 1 aromatic rings. The first-order chi connectivity index (χ1) is 10.2. The van der Waals surface area contributed by atoms with E-state index in [2.05, 4.69) is 32.2 Å². The standard InChI is InChI=1S/C14H26N6O/c1-3-12-9-18(6-7-19(12)8-11(2)21)10-14-15-16-17-20(14)13-4-5-13/h11-13,21H,3-10H2,1-2H3/t11-,12+/m0/s1. The monoisotopic (exact) mass is 294 g/mol. The Labute approximate surface area is 125 Å². The number of rotatable bonds is 6. The van der Waals surface area contributed by atoms with E-state index in [9.17, 15) is 5.11 Å². The van der Waals surface area contributed by atoms with Crippen molar-refractivity contribution in [2.75, 3.05) is 26.2 Å². The number of tetrazole rings is 1. The van der Waals surface area contributed by atoms with Crippen molar-refractivity contribution in [1.29, 1.82) is 0 Å². The molecule has 1 aromatic heterocycles. The van der Waals surface area contributed by atoms with Gasteiger partial charge >= 0.3 is 0 Å². The van der Waals surface area contributed by atoms with Gasteiger partial charge in [0.25, 0.3) is 0 Å². The van der Waals surface area contributed by atoms with E-state index in [-0.39, 0.29) is 6.10 Å². The number of hydrogen-bond acceptors (Lipinski definition) is 6. The Morgan fingerprint density at radius 3 is 2.81 bits per heavy atom. The number of β-amino-alcohol motifs (C(OH)–C–C–N with tert-alkyl or cyclic N) is 1. The van der Waals surface area contributed by atoms with Gasteiger partial charge in [-0.15, -0.1) is 5.10 Å². The first-order valence-corrected chi connectivity index (χ1v) is 8.08. The number of aliphatic hydroxyl groups is 1. The number of piperazine rings is 1. The van der Waals surface area contributed by atoms with Gasteiger partial charge in [0.2, 0.25) is 0 Å². The highest BCUT2D eigenvalue weighted by molar-refractivity contribution is 4.92. The van der Waals surface area contributed by atoms with Crippen LogP contribution in [0.15, 0.2) is 0 Å². The zero-order valence-electron chi connectivity index (χ0n) is 13.0.